The fourth-order valence-electron chi connectivity index (χ4n) is 5.67. The van der Waals surface area contributed by atoms with Crippen LogP contribution in [0.15, 0.2) is 72.1 Å². The zero-order valence-electron chi connectivity index (χ0n) is 18.5. The highest BCUT2D eigenvalue weighted by atomic mass is 32.1. The molecule has 34 heavy (non-hydrogen) atoms. The molecule has 1 N–H and O–H groups in total. The van der Waals surface area contributed by atoms with Crippen molar-refractivity contribution >= 4 is 34.9 Å². The van der Waals surface area contributed by atoms with Crippen molar-refractivity contribution in [3.8, 4) is 0 Å². The first-order chi connectivity index (χ1) is 16.5. The summed E-state index contributed by atoms with van der Waals surface area (Å²) in [6, 6.07) is 19.9. The summed E-state index contributed by atoms with van der Waals surface area (Å²) in [6.45, 7) is 1.80. The number of para-hydroxylation sites is 1. The van der Waals surface area contributed by atoms with E-state index in [4.69, 9.17) is 4.74 Å². The van der Waals surface area contributed by atoms with E-state index in [0.717, 1.165) is 16.0 Å². The van der Waals surface area contributed by atoms with E-state index in [1.54, 1.807) is 28.1 Å². The average Bonchev–Trinajstić information content (AvgIpc) is 3.56. The Morgan fingerprint density at radius 3 is 2.62 bits per heavy atom. The minimum Gasteiger partial charge on any atom is -0.444 e. The summed E-state index contributed by atoms with van der Waals surface area (Å²) < 4.78 is 5.76. The second kappa shape index (κ2) is 7.70. The molecule has 4 atom stereocenters. The second-order valence-electron chi connectivity index (χ2n) is 8.95. The molecule has 0 bridgehead atoms. The van der Waals surface area contributed by atoms with Gasteiger partial charge in [-0.15, -0.1) is 11.3 Å². The van der Waals surface area contributed by atoms with Crippen LogP contribution < -0.4 is 10.2 Å². The number of rotatable bonds is 3. The van der Waals surface area contributed by atoms with Crippen molar-refractivity contribution in [3.05, 3.63) is 88.1 Å². The predicted molar refractivity (Wildman–Crippen MR) is 127 cm³/mol. The number of carbonyl (C=O) groups is 3. The van der Waals surface area contributed by atoms with Gasteiger partial charge in [0.25, 0.3) is 0 Å². The van der Waals surface area contributed by atoms with Crippen molar-refractivity contribution in [2.24, 2.45) is 0 Å². The summed E-state index contributed by atoms with van der Waals surface area (Å²) in [4.78, 5) is 44.3. The first kappa shape index (κ1) is 20.9. The number of benzene rings is 2. The van der Waals surface area contributed by atoms with Gasteiger partial charge in [0.2, 0.25) is 11.8 Å². The van der Waals surface area contributed by atoms with Crippen molar-refractivity contribution in [2.75, 3.05) is 4.90 Å². The van der Waals surface area contributed by atoms with E-state index in [1.165, 1.54) is 0 Å². The number of hydrogen-bond donors (Lipinski definition) is 1. The van der Waals surface area contributed by atoms with Crippen molar-refractivity contribution in [2.45, 2.75) is 43.6 Å². The lowest BCUT2D eigenvalue weighted by molar-refractivity contribution is -0.148. The molecule has 2 saturated heterocycles. The largest absolute Gasteiger partial charge is 0.444 e. The van der Waals surface area contributed by atoms with Crippen LogP contribution in [0.2, 0.25) is 0 Å². The molecule has 7 nitrogen and oxygen atoms in total. The monoisotopic (exact) mass is 473 g/mol. The Bertz CT molecular complexity index is 1280. The molecule has 3 aromatic rings. The molecule has 6 rings (SSSR count). The van der Waals surface area contributed by atoms with Crippen molar-refractivity contribution in [1.82, 2.24) is 10.2 Å². The van der Waals surface area contributed by atoms with Crippen molar-refractivity contribution in [3.63, 3.8) is 0 Å². The van der Waals surface area contributed by atoms with Crippen LogP contribution in [0.25, 0.3) is 0 Å². The number of hydrogen-bond acceptors (Lipinski definition) is 5. The Labute approximate surface area is 200 Å². The molecule has 0 aliphatic carbocycles. The molecule has 0 spiro atoms. The Balaban J connectivity index is 1.49. The highest BCUT2D eigenvalue weighted by molar-refractivity contribution is 7.10. The molecule has 1 aromatic heterocycles. The summed E-state index contributed by atoms with van der Waals surface area (Å²) in [5.41, 5.74) is 1.81. The van der Waals surface area contributed by atoms with Crippen LogP contribution >= 0.6 is 11.3 Å². The molecule has 3 aliphatic heterocycles. The third-order valence-corrected chi connectivity index (χ3v) is 8.14. The number of anilines is 1. The number of carbonyl (C=O) groups excluding carboxylic acids is 3. The summed E-state index contributed by atoms with van der Waals surface area (Å²) in [5, 5.41) is 4.79. The van der Waals surface area contributed by atoms with Crippen LogP contribution in [-0.2, 0) is 26.3 Å². The van der Waals surface area contributed by atoms with E-state index < -0.39 is 29.8 Å². The third kappa shape index (κ3) is 2.84. The summed E-state index contributed by atoms with van der Waals surface area (Å²) in [6.07, 6.45) is -0.813. The molecule has 2 fully saturated rings. The van der Waals surface area contributed by atoms with Gasteiger partial charge >= 0.3 is 6.09 Å². The van der Waals surface area contributed by atoms with Gasteiger partial charge in [0.1, 0.15) is 24.9 Å². The van der Waals surface area contributed by atoms with Gasteiger partial charge in [0, 0.05) is 4.88 Å². The van der Waals surface area contributed by atoms with E-state index in [-0.39, 0.29) is 18.4 Å². The maximum absolute atomic E-state index is 13.6. The smallest absolute Gasteiger partial charge is 0.416 e. The molecule has 0 saturated carbocycles. The van der Waals surface area contributed by atoms with Gasteiger partial charge in [-0.1, -0.05) is 54.6 Å². The Hall–Kier alpha value is -3.65. The number of fused-ring (bicyclic) bond motifs is 5. The van der Waals surface area contributed by atoms with E-state index in [9.17, 15) is 14.4 Å². The molecule has 4 heterocycles. The van der Waals surface area contributed by atoms with Gasteiger partial charge in [-0.3, -0.25) is 14.5 Å². The molecule has 0 radical (unpaired) electrons. The number of amides is 3. The van der Waals surface area contributed by atoms with E-state index in [2.05, 4.69) is 5.32 Å². The zero-order valence-corrected chi connectivity index (χ0v) is 19.3. The highest BCUT2D eigenvalue weighted by Crippen LogP contribution is 2.59. The fourth-order valence-corrected chi connectivity index (χ4v) is 6.64. The molecule has 3 aliphatic rings. The number of nitrogens with zero attached hydrogens (tertiary/aromatic N) is 2. The molecule has 3 amide bonds. The molecule has 2 aromatic carbocycles. The lowest BCUT2D eigenvalue weighted by Crippen LogP contribution is -2.65. The molecular formula is C26H23N3O4S. The van der Waals surface area contributed by atoms with Gasteiger partial charge in [-0.2, -0.15) is 0 Å². The van der Waals surface area contributed by atoms with Crippen molar-refractivity contribution < 1.29 is 19.1 Å². The quantitative estimate of drug-likeness (QED) is 0.630. The van der Waals surface area contributed by atoms with Crippen LogP contribution in [0.4, 0.5) is 10.5 Å². The predicted octanol–water partition coefficient (Wildman–Crippen LogP) is 3.64. The fraction of sp³-hybridized carbons (Fsp3) is 0.269. The SMILES string of the molecule is C[C@H]1NC(=O)[C@H]2C[C@@]3(c4cccs4)c4ccccc4N(C(=O)OCc4ccccc4)[C@H]3N2C1=O. The lowest BCUT2D eigenvalue weighted by atomic mass is 9.76. The number of ether oxygens (including phenoxy) is 1. The Morgan fingerprint density at radius 1 is 1.09 bits per heavy atom. The number of nitrogens with one attached hydrogen (secondary N) is 1. The first-order valence-electron chi connectivity index (χ1n) is 11.3. The summed E-state index contributed by atoms with van der Waals surface area (Å²) in [7, 11) is 0. The first-order valence-corrected chi connectivity index (χ1v) is 12.2. The zero-order chi connectivity index (χ0) is 23.4. The van der Waals surface area contributed by atoms with Crippen LogP contribution in [0.1, 0.15) is 29.3 Å². The van der Waals surface area contributed by atoms with E-state index in [1.807, 2.05) is 72.1 Å². The van der Waals surface area contributed by atoms with Gasteiger partial charge in [-0.25, -0.2) is 4.79 Å². The molecule has 8 heteroatoms. The van der Waals surface area contributed by atoms with Crippen molar-refractivity contribution in [1.29, 1.82) is 0 Å². The van der Waals surface area contributed by atoms with E-state index >= 15 is 0 Å². The van der Waals surface area contributed by atoms with Crippen LogP contribution in [0.3, 0.4) is 0 Å². The van der Waals surface area contributed by atoms with Crippen LogP contribution in [-0.4, -0.2) is 41.1 Å². The van der Waals surface area contributed by atoms with Crippen LogP contribution in [0.5, 0.6) is 0 Å². The standard InChI is InChI=1S/C26H23N3O4S/c1-16-23(31)28-20(22(30)27-16)14-26(21-12-7-13-34-21)18-10-5-6-11-19(18)29(24(26)28)25(32)33-15-17-8-3-2-4-9-17/h2-13,16,20,24H,14-15H2,1H3,(H,27,30)/t16-,20-,24-,26+/m1/s1. The minimum atomic E-state index is -0.710. The second-order valence-corrected chi connectivity index (χ2v) is 9.89. The maximum atomic E-state index is 13.6. The topological polar surface area (TPSA) is 79.0 Å². The molecular weight excluding hydrogens is 450 g/mol. The number of thiophene rings is 1. The lowest BCUT2D eigenvalue weighted by Gasteiger charge is -2.40. The average molecular weight is 474 g/mol. The third-order valence-electron chi connectivity index (χ3n) is 7.09. The highest BCUT2D eigenvalue weighted by Gasteiger charge is 2.67. The Kier molecular flexibility index (Phi) is 4.74. The summed E-state index contributed by atoms with van der Waals surface area (Å²) >= 11 is 1.58. The molecule has 172 valence electrons. The minimum absolute atomic E-state index is 0.116. The number of piperazine rings is 1. The van der Waals surface area contributed by atoms with Gasteiger partial charge in [0.05, 0.1) is 11.1 Å². The van der Waals surface area contributed by atoms with Crippen LogP contribution in [0, 0.1) is 0 Å². The van der Waals surface area contributed by atoms with E-state index in [0.29, 0.717) is 12.1 Å². The Morgan fingerprint density at radius 2 is 1.85 bits per heavy atom. The van der Waals surface area contributed by atoms with Gasteiger partial charge in [-0.05, 0) is 42.0 Å². The normalized spacial score (nSPS) is 27.1. The van der Waals surface area contributed by atoms with Gasteiger partial charge < -0.3 is 15.0 Å². The summed E-state index contributed by atoms with van der Waals surface area (Å²) in [5.74, 6) is -0.380. The maximum Gasteiger partial charge on any atom is 0.416 e. The van der Waals surface area contributed by atoms with Gasteiger partial charge in [0.15, 0.2) is 0 Å². The molecule has 0 unspecified atom stereocenters.